The van der Waals surface area contributed by atoms with Crippen molar-refractivity contribution in [1.82, 2.24) is 4.72 Å². The zero-order chi connectivity index (χ0) is 14.1. The summed E-state index contributed by atoms with van der Waals surface area (Å²) < 4.78 is 27.3. The molecule has 0 aromatic heterocycles. The molecule has 0 aliphatic heterocycles. The van der Waals surface area contributed by atoms with E-state index in [1.54, 1.807) is 6.07 Å². The minimum atomic E-state index is -3.64. The second kappa shape index (κ2) is 5.40. The highest BCUT2D eigenvalue weighted by atomic mass is 79.9. The number of nitrogen functional groups attached to an aromatic ring is 1. The molecule has 0 bridgehead atoms. The molecule has 0 radical (unpaired) electrons. The van der Waals surface area contributed by atoms with Gasteiger partial charge in [0.1, 0.15) is 0 Å². The van der Waals surface area contributed by atoms with Crippen molar-refractivity contribution in [3.05, 3.63) is 22.7 Å². The summed E-state index contributed by atoms with van der Waals surface area (Å²) in [6, 6.07) is 4.46. The van der Waals surface area contributed by atoms with Gasteiger partial charge in [-0.25, -0.2) is 13.1 Å². The Morgan fingerprint density at radius 2 is 2.00 bits per heavy atom. The molecule has 106 valence electrons. The standard InChI is InChI=1S/C12H17BrN2O3S/c13-10-4-3-9(7-11(10)14)19(17,18)15-8-12(16)5-1-2-6-12/h3-4,7,15-16H,1-2,5-6,8,14H2. The van der Waals surface area contributed by atoms with E-state index in [1.807, 2.05) is 0 Å². The summed E-state index contributed by atoms with van der Waals surface area (Å²) in [4.78, 5) is 0.106. The molecule has 0 heterocycles. The summed E-state index contributed by atoms with van der Waals surface area (Å²) >= 11 is 3.22. The third kappa shape index (κ3) is 3.47. The summed E-state index contributed by atoms with van der Waals surface area (Å²) in [6.07, 6.45) is 3.14. The molecule has 0 unspecified atom stereocenters. The molecule has 19 heavy (non-hydrogen) atoms. The molecule has 2 rings (SSSR count). The number of hydrogen-bond donors (Lipinski definition) is 3. The molecule has 7 heteroatoms. The Kier molecular flexibility index (Phi) is 4.20. The van der Waals surface area contributed by atoms with E-state index in [-0.39, 0.29) is 11.4 Å². The zero-order valence-electron chi connectivity index (χ0n) is 10.4. The lowest BCUT2D eigenvalue weighted by Gasteiger charge is -2.22. The lowest BCUT2D eigenvalue weighted by atomic mass is 10.0. The van der Waals surface area contributed by atoms with Crippen LogP contribution in [-0.4, -0.2) is 25.7 Å². The van der Waals surface area contributed by atoms with E-state index >= 15 is 0 Å². The van der Waals surface area contributed by atoms with Crippen LogP contribution in [0.3, 0.4) is 0 Å². The Balaban J connectivity index is 2.11. The van der Waals surface area contributed by atoms with Crippen molar-refractivity contribution < 1.29 is 13.5 Å². The van der Waals surface area contributed by atoms with Gasteiger partial charge in [0.25, 0.3) is 0 Å². The molecule has 1 aliphatic carbocycles. The van der Waals surface area contributed by atoms with E-state index in [1.165, 1.54) is 12.1 Å². The second-order valence-corrected chi connectivity index (χ2v) is 7.56. The number of nitrogens with two attached hydrogens (primary N) is 1. The minimum absolute atomic E-state index is 0.0469. The summed E-state index contributed by atoms with van der Waals surface area (Å²) in [6.45, 7) is 0.0469. The Labute approximate surface area is 121 Å². The lowest BCUT2D eigenvalue weighted by Crippen LogP contribution is -2.40. The second-order valence-electron chi connectivity index (χ2n) is 4.94. The number of aliphatic hydroxyl groups is 1. The number of nitrogens with one attached hydrogen (secondary N) is 1. The topological polar surface area (TPSA) is 92.4 Å². The van der Waals surface area contributed by atoms with Gasteiger partial charge in [0.2, 0.25) is 10.0 Å². The zero-order valence-corrected chi connectivity index (χ0v) is 12.8. The van der Waals surface area contributed by atoms with Crippen LogP contribution in [0.25, 0.3) is 0 Å². The van der Waals surface area contributed by atoms with Gasteiger partial charge in [-0.2, -0.15) is 0 Å². The van der Waals surface area contributed by atoms with E-state index in [0.29, 0.717) is 23.0 Å². The van der Waals surface area contributed by atoms with E-state index in [0.717, 1.165) is 12.8 Å². The van der Waals surface area contributed by atoms with Gasteiger partial charge in [0.05, 0.1) is 10.5 Å². The Morgan fingerprint density at radius 1 is 1.37 bits per heavy atom. The normalized spacial score (nSPS) is 18.6. The first-order valence-electron chi connectivity index (χ1n) is 6.10. The average Bonchev–Trinajstić information content (AvgIpc) is 2.78. The van der Waals surface area contributed by atoms with Crippen LogP contribution in [0, 0.1) is 0 Å². The molecule has 1 saturated carbocycles. The minimum Gasteiger partial charge on any atom is -0.398 e. The van der Waals surface area contributed by atoms with Gasteiger partial charge in [0.15, 0.2) is 0 Å². The highest BCUT2D eigenvalue weighted by molar-refractivity contribution is 9.10. The molecule has 1 aromatic rings. The van der Waals surface area contributed by atoms with Crippen LogP contribution >= 0.6 is 15.9 Å². The van der Waals surface area contributed by atoms with Crippen molar-refractivity contribution in [3.8, 4) is 0 Å². The molecule has 0 spiro atoms. The molecule has 5 nitrogen and oxygen atoms in total. The average molecular weight is 349 g/mol. The van der Waals surface area contributed by atoms with Gasteiger partial charge < -0.3 is 10.8 Å². The first kappa shape index (κ1) is 14.8. The van der Waals surface area contributed by atoms with E-state index in [2.05, 4.69) is 20.7 Å². The maximum atomic E-state index is 12.1. The fourth-order valence-corrected chi connectivity index (χ4v) is 3.61. The quantitative estimate of drug-likeness (QED) is 0.720. The third-order valence-corrected chi connectivity index (χ3v) is 5.52. The number of hydrogen-bond acceptors (Lipinski definition) is 4. The Bertz CT molecular complexity index is 568. The van der Waals surface area contributed by atoms with Gasteiger partial charge in [-0.05, 0) is 47.0 Å². The van der Waals surface area contributed by atoms with Crippen LogP contribution < -0.4 is 10.5 Å². The Hall–Kier alpha value is -0.630. The lowest BCUT2D eigenvalue weighted by molar-refractivity contribution is 0.0532. The predicted molar refractivity (Wildman–Crippen MR) is 77.2 cm³/mol. The number of anilines is 1. The summed E-state index contributed by atoms with van der Waals surface area (Å²) in [7, 11) is -3.64. The highest BCUT2D eigenvalue weighted by Crippen LogP contribution is 2.29. The van der Waals surface area contributed by atoms with Crippen molar-refractivity contribution in [3.63, 3.8) is 0 Å². The third-order valence-electron chi connectivity index (χ3n) is 3.40. The molecular formula is C12H17BrN2O3S. The fourth-order valence-electron chi connectivity index (χ4n) is 2.21. The summed E-state index contributed by atoms with van der Waals surface area (Å²) in [5.41, 5.74) is 5.13. The van der Waals surface area contributed by atoms with Gasteiger partial charge in [0, 0.05) is 16.7 Å². The van der Waals surface area contributed by atoms with Gasteiger partial charge >= 0.3 is 0 Å². The molecule has 1 fully saturated rings. The largest absolute Gasteiger partial charge is 0.398 e. The van der Waals surface area contributed by atoms with E-state index < -0.39 is 15.6 Å². The summed E-state index contributed by atoms with van der Waals surface area (Å²) in [5, 5.41) is 10.1. The van der Waals surface area contributed by atoms with Crippen molar-refractivity contribution in [2.24, 2.45) is 0 Å². The van der Waals surface area contributed by atoms with Crippen LogP contribution in [0.2, 0.25) is 0 Å². The van der Waals surface area contributed by atoms with Crippen LogP contribution in [-0.2, 0) is 10.0 Å². The molecule has 0 atom stereocenters. The van der Waals surface area contributed by atoms with Gasteiger partial charge in [-0.3, -0.25) is 0 Å². The van der Waals surface area contributed by atoms with Crippen LogP contribution in [0.1, 0.15) is 25.7 Å². The molecule has 4 N–H and O–H groups in total. The monoisotopic (exact) mass is 348 g/mol. The number of halogens is 1. The van der Waals surface area contributed by atoms with Crippen LogP contribution in [0.5, 0.6) is 0 Å². The van der Waals surface area contributed by atoms with E-state index in [4.69, 9.17) is 5.73 Å². The van der Waals surface area contributed by atoms with Crippen molar-refractivity contribution in [2.45, 2.75) is 36.2 Å². The fraction of sp³-hybridized carbons (Fsp3) is 0.500. The number of sulfonamides is 1. The maximum absolute atomic E-state index is 12.1. The van der Waals surface area contributed by atoms with Crippen LogP contribution in [0.4, 0.5) is 5.69 Å². The number of rotatable bonds is 4. The van der Waals surface area contributed by atoms with Gasteiger partial charge in [-0.1, -0.05) is 12.8 Å². The molecular weight excluding hydrogens is 332 g/mol. The van der Waals surface area contributed by atoms with Gasteiger partial charge in [-0.15, -0.1) is 0 Å². The first-order chi connectivity index (χ1) is 8.82. The maximum Gasteiger partial charge on any atom is 0.240 e. The number of benzene rings is 1. The summed E-state index contributed by atoms with van der Waals surface area (Å²) in [5.74, 6) is 0. The molecule has 0 saturated heterocycles. The van der Waals surface area contributed by atoms with E-state index in [9.17, 15) is 13.5 Å². The van der Waals surface area contributed by atoms with Crippen LogP contribution in [0.15, 0.2) is 27.6 Å². The van der Waals surface area contributed by atoms with Crippen molar-refractivity contribution in [1.29, 1.82) is 0 Å². The molecule has 1 aromatic carbocycles. The predicted octanol–water partition coefficient (Wildman–Crippen LogP) is 1.61. The van der Waals surface area contributed by atoms with Crippen molar-refractivity contribution >= 4 is 31.6 Å². The smallest absolute Gasteiger partial charge is 0.240 e. The molecule has 1 aliphatic rings. The van der Waals surface area contributed by atoms with Crippen molar-refractivity contribution in [2.75, 3.05) is 12.3 Å². The SMILES string of the molecule is Nc1cc(S(=O)(=O)NCC2(O)CCCC2)ccc1Br. The first-order valence-corrected chi connectivity index (χ1v) is 8.37. The highest BCUT2D eigenvalue weighted by Gasteiger charge is 2.32. The molecule has 0 amide bonds. The Morgan fingerprint density at radius 3 is 2.58 bits per heavy atom.